The average molecular weight is 341 g/mol. The maximum absolute atomic E-state index is 11.7. The number of anilines is 2. The Labute approximate surface area is 147 Å². The van der Waals surface area contributed by atoms with Gasteiger partial charge in [-0.2, -0.15) is 4.98 Å². The van der Waals surface area contributed by atoms with E-state index in [0.717, 1.165) is 43.7 Å². The van der Waals surface area contributed by atoms with E-state index in [9.17, 15) is 4.79 Å². The zero-order valence-corrected chi connectivity index (χ0v) is 14.4. The molecule has 0 fully saturated rings. The summed E-state index contributed by atoms with van der Waals surface area (Å²) in [6.07, 6.45) is 1.72. The van der Waals surface area contributed by atoms with E-state index >= 15 is 0 Å². The van der Waals surface area contributed by atoms with Crippen LogP contribution in [0.5, 0.6) is 0 Å². The van der Waals surface area contributed by atoms with Gasteiger partial charge in [-0.05, 0) is 31.0 Å². The topological polar surface area (TPSA) is 107 Å². The van der Waals surface area contributed by atoms with Gasteiger partial charge in [0.1, 0.15) is 5.82 Å². The largest absolute Gasteiger partial charge is 0.462 e. The summed E-state index contributed by atoms with van der Waals surface area (Å²) in [6.45, 7) is 4.75. The van der Waals surface area contributed by atoms with Crippen molar-refractivity contribution in [3.8, 4) is 0 Å². The molecule has 1 aromatic heterocycles. The van der Waals surface area contributed by atoms with Crippen LogP contribution in [0.2, 0.25) is 0 Å². The van der Waals surface area contributed by atoms with Gasteiger partial charge < -0.3 is 16.2 Å². The first-order valence-corrected chi connectivity index (χ1v) is 8.46. The van der Waals surface area contributed by atoms with Crippen LogP contribution < -0.4 is 11.5 Å². The molecule has 0 unspecified atom stereocenters. The fourth-order valence-corrected chi connectivity index (χ4v) is 3.02. The SMILES string of the molecule is CCOC(=O)c1ccc(CCN2CCc3nc(N)nc(N)c3C2)cc1. The molecule has 0 spiro atoms. The Balaban J connectivity index is 1.58. The average Bonchev–Trinajstić information content (AvgIpc) is 2.61. The van der Waals surface area contributed by atoms with Gasteiger partial charge in [0, 0.05) is 31.6 Å². The van der Waals surface area contributed by atoms with Crippen LogP contribution in [-0.2, 0) is 24.1 Å². The molecule has 0 saturated heterocycles. The number of nitrogen functional groups attached to an aromatic ring is 2. The van der Waals surface area contributed by atoms with Crippen molar-refractivity contribution in [1.29, 1.82) is 0 Å². The van der Waals surface area contributed by atoms with Crippen LogP contribution >= 0.6 is 0 Å². The van der Waals surface area contributed by atoms with E-state index in [-0.39, 0.29) is 11.9 Å². The zero-order chi connectivity index (χ0) is 17.8. The maximum Gasteiger partial charge on any atom is 0.338 e. The van der Waals surface area contributed by atoms with Crippen LogP contribution in [0.1, 0.15) is 34.1 Å². The van der Waals surface area contributed by atoms with Gasteiger partial charge in [-0.3, -0.25) is 4.90 Å². The molecule has 0 aliphatic carbocycles. The van der Waals surface area contributed by atoms with Crippen molar-refractivity contribution in [2.45, 2.75) is 26.3 Å². The molecule has 7 nitrogen and oxygen atoms in total. The highest BCUT2D eigenvalue weighted by molar-refractivity contribution is 5.89. The summed E-state index contributed by atoms with van der Waals surface area (Å²) in [5, 5.41) is 0. The number of rotatable bonds is 5. The molecule has 3 rings (SSSR count). The molecule has 1 aromatic carbocycles. The lowest BCUT2D eigenvalue weighted by Crippen LogP contribution is -2.33. The molecule has 0 radical (unpaired) electrons. The molecule has 0 atom stereocenters. The van der Waals surface area contributed by atoms with Gasteiger partial charge in [0.2, 0.25) is 5.95 Å². The summed E-state index contributed by atoms with van der Waals surface area (Å²) in [4.78, 5) is 22.3. The highest BCUT2D eigenvalue weighted by atomic mass is 16.5. The molecule has 4 N–H and O–H groups in total. The molecular formula is C18H23N5O2. The third-order valence-corrected chi connectivity index (χ3v) is 4.37. The lowest BCUT2D eigenvalue weighted by molar-refractivity contribution is 0.0526. The number of carbonyl (C=O) groups is 1. The number of esters is 1. The number of hydrogen-bond donors (Lipinski definition) is 2. The monoisotopic (exact) mass is 341 g/mol. The quantitative estimate of drug-likeness (QED) is 0.792. The summed E-state index contributed by atoms with van der Waals surface area (Å²) in [7, 11) is 0. The second kappa shape index (κ2) is 7.48. The van der Waals surface area contributed by atoms with E-state index in [1.165, 1.54) is 5.56 Å². The molecule has 25 heavy (non-hydrogen) atoms. The summed E-state index contributed by atoms with van der Waals surface area (Å²) in [5.74, 6) is 0.439. The highest BCUT2D eigenvalue weighted by Gasteiger charge is 2.20. The molecule has 7 heteroatoms. The fourth-order valence-electron chi connectivity index (χ4n) is 3.02. The molecule has 1 aliphatic heterocycles. The number of ether oxygens (including phenoxy) is 1. The van der Waals surface area contributed by atoms with E-state index in [1.54, 1.807) is 6.92 Å². The number of carbonyl (C=O) groups excluding carboxylic acids is 1. The third kappa shape index (κ3) is 4.06. The predicted octanol–water partition coefficient (Wildman–Crippen LogP) is 1.42. The van der Waals surface area contributed by atoms with Crippen molar-refractivity contribution in [2.24, 2.45) is 0 Å². The van der Waals surface area contributed by atoms with Gasteiger partial charge in [-0.25, -0.2) is 9.78 Å². The minimum atomic E-state index is -0.281. The first-order valence-electron chi connectivity index (χ1n) is 8.46. The molecular weight excluding hydrogens is 318 g/mol. The summed E-state index contributed by atoms with van der Waals surface area (Å²) in [5.41, 5.74) is 15.3. The van der Waals surface area contributed by atoms with E-state index in [2.05, 4.69) is 14.9 Å². The molecule has 0 amide bonds. The molecule has 0 saturated carbocycles. The molecule has 2 aromatic rings. The standard InChI is InChI=1S/C18H23N5O2/c1-2-25-17(24)13-5-3-12(4-6-13)7-9-23-10-8-15-14(11-23)16(19)22-18(20)21-15/h3-6H,2,7-11H2,1H3,(H4,19,20,21,22). The number of fused-ring (bicyclic) bond motifs is 1. The van der Waals surface area contributed by atoms with Crippen LogP contribution in [-0.4, -0.2) is 40.5 Å². The van der Waals surface area contributed by atoms with Crippen molar-refractivity contribution >= 4 is 17.7 Å². The number of hydrogen-bond acceptors (Lipinski definition) is 7. The van der Waals surface area contributed by atoms with E-state index in [0.29, 0.717) is 18.0 Å². The van der Waals surface area contributed by atoms with Crippen LogP contribution in [0.3, 0.4) is 0 Å². The van der Waals surface area contributed by atoms with Gasteiger partial charge in [-0.1, -0.05) is 12.1 Å². The number of aromatic nitrogens is 2. The molecule has 0 bridgehead atoms. The van der Waals surface area contributed by atoms with Gasteiger partial charge in [0.05, 0.1) is 17.9 Å². The first-order chi connectivity index (χ1) is 12.1. The van der Waals surface area contributed by atoms with E-state index < -0.39 is 0 Å². The lowest BCUT2D eigenvalue weighted by Gasteiger charge is -2.28. The predicted molar refractivity (Wildman–Crippen MR) is 95.9 cm³/mol. The van der Waals surface area contributed by atoms with Crippen LogP contribution in [0, 0.1) is 0 Å². The van der Waals surface area contributed by atoms with Crippen molar-refractivity contribution < 1.29 is 9.53 Å². The van der Waals surface area contributed by atoms with E-state index in [1.807, 2.05) is 24.3 Å². The first kappa shape index (κ1) is 17.2. The Morgan fingerprint density at radius 2 is 2.00 bits per heavy atom. The molecule has 1 aliphatic rings. The summed E-state index contributed by atoms with van der Waals surface area (Å²) < 4.78 is 5.00. The maximum atomic E-state index is 11.7. The van der Waals surface area contributed by atoms with Gasteiger partial charge in [-0.15, -0.1) is 0 Å². The van der Waals surface area contributed by atoms with Crippen LogP contribution in [0.4, 0.5) is 11.8 Å². The second-order valence-corrected chi connectivity index (χ2v) is 6.09. The Hall–Kier alpha value is -2.67. The van der Waals surface area contributed by atoms with Crippen LogP contribution in [0.25, 0.3) is 0 Å². The lowest BCUT2D eigenvalue weighted by atomic mass is 10.0. The van der Waals surface area contributed by atoms with Gasteiger partial charge >= 0.3 is 5.97 Å². The van der Waals surface area contributed by atoms with Crippen molar-refractivity contribution in [3.63, 3.8) is 0 Å². The summed E-state index contributed by atoms with van der Waals surface area (Å²) >= 11 is 0. The second-order valence-electron chi connectivity index (χ2n) is 6.09. The normalized spacial score (nSPS) is 14.1. The Morgan fingerprint density at radius 1 is 1.24 bits per heavy atom. The van der Waals surface area contributed by atoms with Crippen LogP contribution in [0.15, 0.2) is 24.3 Å². The van der Waals surface area contributed by atoms with Crippen molar-refractivity contribution in [2.75, 3.05) is 31.2 Å². The Kier molecular flexibility index (Phi) is 5.14. The number of nitrogens with two attached hydrogens (primary N) is 2. The summed E-state index contributed by atoms with van der Waals surface area (Å²) in [6, 6.07) is 7.57. The van der Waals surface area contributed by atoms with Gasteiger partial charge in [0.15, 0.2) is 0 Å². The molecule has 132 valence electrons. The van der Waals surface area contributed by atoms with E-state index in [4.69, 9.17) is 16.2 Å². The highest BCUT2D eigenvalue weighted by Crippen LogP contribution is 2.22. The Bertz CT molecular complexity index is 761. The number of benzene rings is 1. The number of nitrogens with zero attached hydrogens (tertiary/aromatic N) is 3. The fraction of sp³-hybridized carbons (Fsp3) is 0.389. The minimum absolute atomic E-state index is 0.242. The van der Waals surface area contributed by atoms with Crippen molar-refractivity contribution in [3.05, 3.63) is 46.6 Å². The Morgan fingerprint density at radius 3 is 2.72 bits per heavy atom. The third-order valence-electron chi connectivity index (χ3n) is 4.37. The minimum Gasteiger partial charge on any atom is -0.462 e. The molecule has 2 heterocycles. The van der Waals surface area contributed by atoms with Gasteiger partial charge in [0.25, 0.3) is 0 Å². The van der Waals surface area contributed by atoms with Crippen molar-refractivity contribution in [1.82, 2.24) is 14.9 Å². The smallest absolute Gasteiger partial charge is 0.338 e. The zero-order valence-electron chi connectivity index (χ0n) is 14.4.